The second kappa shape index (κ2) is 7.64. The molecule has 0 aliphatic heterocycles. The van der Waals surface area contributed by atoms with Gasteiger partial charge in [0, 0.05) is 30.2 Å². The van der Waals surface area contributed by atoms with Gasteiger partial charge >= 0.3 is 12.4 Å². The van der Waals surface area contributed by atoms with Gasteiger partial charge in [-0.3, -0.25) is 0 Å². The molecule has 4 aromatic heterocycles. The third-order valence-corrected chi connectivity index (χ3v) is 4.74. The van der Waals surface area contributed by atoms with Crippen molar-refractivity contribution in [3.05, 3.63) is 71.8 Å². The molecule has 4 aromatic rings. The van der Waals surface area contributed by atoms with Gasteiger partial charge in [-0.25, -0.2) is 29.3 Å². The quantitative estimate of drug-likeness (QED) is 0.421. The van der Waals surface area contributed by atoms with Crippen LogP contribution in [0, 0.1) is 0 Å². The number of rotatable bonds is 4. The van der Waals surface area contributed by atoms with Crippen molar-refractivity contribution in [1.29, 1.82) is 0 Å². The number of aromatic nitrogens is 8. The molecule has 0 amide bonds. The summed E-state index contributed by atoms with van der Waals surface area (Å²) in [6.45, 7) is 3.47. The summed E-state index contributed by atoms with van der Waals surface area (Å²) in [6, 6.07) is 4.71. The minimum absolute atomic E-state index is 0.0905. The highest BCUT2D eigenvalue weighted by Gasteiger charge is 2.35. The molecule has 0 atom stereocenters. The Bertz CT molecular complexity index is 1190. The van der Waals surface area contributed by atoms with Crippen molar-refractivity contribution in [2.45, 2.75) is 31.6 Å². The SMILES string of the molecule is CC(C)(c1ccnc(-n2ccc(C(F)(F)F)n2)n1)c1ccnc(-n2ccc(C(F)(F)F)n2)n1. The van der Waals surface area contributed by atoms with Crippen molar-refractivity contribution in [1.82, 2.24) is 39.5 Å². The Balaban J connectivity index is 1.68. The second-order valence-electron chi connectivity index (χ2n) is 7.40. The Labute approximate surface area is 182 Å². The zero-order valence-electron chi connectivity index (χ0n) is 17.0. The second-order valence-corrected chi connectivity index (χ2v) is 7.40. The molecule has 0 radical (unpaired) electrons. The molecule has 4 rings (SSSR count). The fraction of sp³-hybridized carbons (Fsp3) is 0.263. The number of hydrogen-bond donors (Lipinski definition) is 0. The van der Waals surface area contributed by atoms with E-state index in [4.69, 9.17) is 0 Å². The van der Waals surface area contributed by atoms with Crippen molar-refractivity contribution >= 4 is 0 Å². The fourth-order valence-corrected chi connectivity index (χ4v) is 2.92. The zero-order valence-corrected chi connectivity index (χ0v) is 17.0. The van der Waals surface area contributed by atoms with Gasteiger partial charge in [0.2, 0.25) is 0 Å². The molecule has 8 nitrogen and oxygen atoms in total. The molecule has 33 heavy (non-hydrogen) atoms. The third-order valence-electron chi connectivity index (χ3n) is 4.74. The van der Waals surface area contributed by atoms with E-state index in [0.717, 1.165) is 33.9 Å². The van der Waals surface area contributed by atoms with E-state index in [1.54, 1.807) is 26.0 Å². The lowest BCUT2D eigenvalue weighted by Crippen LogP contribution is -2.24. The van der Waals surface area contributed by atoms with E-state index < -0.39 is 29.2 Å². The Morgan fingerprint density at radius 3 is 1.33 bits per heavy atom. The summed E-state index contributed by atoms with van der Waals surface area (Å²) in [5, 5.41) is 6.92. The minimum Gasteiger partial charge on any atom is -0.220 e. The molecular weight excluding hydrogens is 454 g/mol. The molecule has 0 fully saturated rings. The highest BCUT2D eigenvalue weighted by molar-refractivity contribution is 5.31. The van der Waals surface area contributed by atoms with Crippen LogP contribution in [0.5, 0.6) is 0 Å². The zero-order chi connectivity index (χ0) is 24.0. The van der Waals surface area contributed by atoms with Crippen LogP contribution in [-0.2, 0) is 17.8 Å². The first-order chi connectivity index (χ1) is 15.4. The van der Waals surface area contributed by atoms with Crippen LogP contribution in [0.1, 0.15) is 36.6 Å². The molecule has 0 N–H and O–H groups in total. The summed E-state index contributed by atoms with van der Waals surface area (Å²) >= 11 is 0. The molecule has 0 saturated carbocycles. The van der Waals surface area contributed by atoms with Crippen LogP contribution >= 0.6 is 0 Å². The predicted molar refractivity (Wildman–Crippen MR) is 100 cm³/mol. The van der Waals surface area contributed by atoms with E-state index in [0.29, 0.717) is 11.4 Å². The lowest BCUT2D eigenvalue weighted by molar-refractivity contribution is -0.142. The van der Waals surface area contributed by atoms with Crippen molar-refractivity contribution < 1.29 is 26.3 Å². The van der Waals surface area contributed by atoms with Gasteiger partial charge in [-0.2, -0.15) is 36.5 Å². The fourth-order valence-electron chi connectivity index (χ4n) is 2.92. The molecule has 0 bridgehead atoms. The van der Waals surface area contributed by atoms with Gasteiger partial charge in [0.15, 0.2) is 11.4 Å². The number of halogens is 6. The summed E-state index contributed by atoms with van der Waals surface area (Å²) in [4.78, 5) is 16.6. The molecule has 0 aromatic carbocycles. The van der Waals surface area contributed by atoms with Gasteiger partial charge in [0.1, 0.15) is 0 Å². The lowest BCUT2D eigenvalue weighted by atomic mass is 9.85. The van der Waals surface area contributed by atoms with Crippen molar-refractivity contribution in [3.63, 3.8) is 0 Å². The first-order valence-corrected chi connectivity index (χ1v) is 9.29. The maximum absolute atomic E-state index is 12.9. The van der Waals surface area contributed by atoms with Crippen LogP contribution in [0.4, 0.5) is 26.3 Å². The van der Waals surface area contributed by atoms with Gasteiger partial charge in [0.25, 0.3) is 11.9 Å². The average molecular weight is 468 g/mol. The van der Waals surface area contributed by atoms with Gasteiger partial charge in [-0.05, 0) is 38.1 Å². The van der Waals surface area contributed by atoms with E-state index in [1.807, 2.05) is 0 Å². The number of nitrogens with zero attached hydrogens (tertiary/aromatic N) is 8. The molecule has 0 aliphatic carbocycles. The van der Waals surface area contributed by atoms with Crippen LogP contribution in [-0.4, -0.2) is 39.5 Å². The molecule has 14 heteroatoms. The van der Waals surface area contributed by atoms with Crippen molar-refractivity contribution in [2.75, 3.05) is 0 Å². The number of hydrogen-bond acceptors (Lipinski definition) is 6. The molecule has 4 heterocycles. The topological polar surface area (TPSA) is 87.2 Å². The smallest absolute Gasteiger partial charge is 0.220 e. The Morgan fingerprint density at radius 1 is 0.606 bits per heavy atom. The van der Waals surface area contributed by atoms with Crippen LogP contribution in [0.15, 0.2) is 49.1 Å². The Morgan fingerprint density at radius 2 is 1.00 bits per heavy atom. The van der Waals surface area contributed by atoms with Crippen LogP contribution in [0.2, 0.25) is 0 Å². The highest BCUT2D eigenvalue weighted by Crippen LogP contribution is 2.31. The summed E-state index contributed by atoms with van der Waals surface area (Å²) in [7, 11) is 0. The van der Waals surface area contributed by atoms with E-state index in [1.165, 1.54) is 12.4 Å². The standard InChI is InChI=1S/C19H14F6N8/c1-17(2,11-3-7-26-15(28-11)32-9-5-13(30-32)18(20,21)22)12-4-8-27-16(29-12)33-10-6-14(31-33)19(23,24)25/h3-10H,1-2H3. The van der Waals surface area contributed by atoms with Crippen LogP contribution in [0.25, 0.3) is 11.9 Å². The molecule has 172 valence electrons. The van der Waals surface area contributed by atoms with E-state index in [2.05, 4.69) is 30.1 Å². The molecule has 0 aliphatic rings. The van der Waals surface area contributed by atoms with Gasteiger partial charge in [0.05, 0.1) is 11.4 Å². The first-order valence-electron chi connectivity index (χ1n) is 9.29. The summed E-state index contributed by atoms with van der Waals surface area (Å²) in [5.41, 5.74) is -2.33. The average Bonchev–Trinajstić information content (AvgIpc) is 3.44. The maximum Gasteiger partial charge on any atom is 0.435 e. The third kappa shape index (κ3) is 4.40. The largest absolute Gasteiger partial charge is 0.435 e. The Hall–Kier alpha value is -3.84. The van der Waals surface area contributed by atoms with Crippen LogP contribution in [0.3, 0.4) is 0 Å². The maximum atomic E-state index is 12.9. The lowest BCUT2D eigenvalue weighted by Gasteiger charge is -2.24. The van der Waals surface area contributed by atoms with E-state index >= 15 is 0 Å². The van der Waals surface area contributed by atoms with Gasteiger partial charge in [-0.1, -0.05) is 0 Å². The summed E-state index contributed by atoms with van der Waals surface area (Å²) in [6.07, 6.45) is -4.32. The van der Waals surface area contributed by atoms with E-state index in [-0.39, 0.29) is 11.9 Å². The van der Waals surface area contributed by atoms with Crippen molar-refractivity contribution in [2.24, 2.45) is 0 Å². The normalized spacial score (nSPS) is 12.8. The molecule has 0 saturated heterocycles. The predicted octanol–water partition coefficient (Wildman–Crippen LogP) is 4.00. The monoisotopic (exact) mass is 468 g/mol. The van der Waals surface area contributed by atoms with E-state index in [9.17, 15) is 26.3 Å². The summed E-state index contributed by atoms with van der Waals surface area (Å²) < 4.78 is 78.9. The first kappa shape index (κ1) is 22.4. The summed E-state index contributed by atoms with van der Waals surface area (Å²) in [5.74, 6) is -0.181. The van der Waals surface area contributed by atoms with Crippen LogP contribution < -0.4 is 0 Å². The molecular formula is C19H14F6N8. The molecule has 0 unspecified atom stereocenters. The Kier molecular flexibility index (Phi) is 5.17. The molecule has 0 spiro atoms. The van der Waals surface area contributed by atoms with Crippen molar-refractivity contribution in [3.8, 4) is 11.9 Å². The number of alkyl halides is 6. The van der Waals surface area contributed by atoms with Gasteiger partial charge in [-0.15, -0.1) is 0 Å². The highest BCUT2D eigenvalue weighted by atomic mass is 19.4. The minimum atomic E-state index is -4.61. The van der Waals surface area contributed by atoms with Gasteiger partial charge < -0.3 is 0 Å².